The quantitative estimate of drug-likeness (QED) is 0.700. The Hall–Kier alpha value is -1.51. The minimum absolute atomic E-state index is 0.167. The summed E-state index contributed by atoms with van der Waals surface area (Å²) in [5.74, 6) is 1.26. The molecule has 1 aliphatic carbocycles. The molecule has 116 valence electrons. The first-order valence-electron chi connectivity index (χ1n) is 8.33. The second-order valence-corrected chi connectivity index (χ2v) is 5.90. The van der Waals surface area contributed by atoms with Crippen LogP contribution in [0.5, 0.6) is 5.75 Å². The molecule has 1 N–H and O–H groups in total. The molecule has 0 unspecified atom stereocenters. The SMILES string of the molecule is CCCCCCOc1ccc(NC(=O)C2CCCC2)cc1. The van der Waals surface area contributed by atoms with Crippen molar-refractivity contribution in [2.75, 3.05) is 11.9 Å². The summed E-state index contributed by atoms with van der Waals surface area (Å²) >= 11 is 0. The first-order chi connectivity index (χ1) is 10.3. The van der Waals surface area contributed by atoms with Crippen LogP contribution in [0.2, 0.25) is 0 Å². The van der Waals surface area contributed by atoms with Gasteiger partial charge in [-0.15, -0.1) is 0 Å². The Labute approximate surface area is 128 Å². The molecule has 0 aliphatic heterocycles. The van der Waals surface area contributed by atoms with Crippen LogP contribution in [-0.4, -0.2) is 12.5 Å². The van der Waals surface area contributed by atoms with Gasteiger partial charge in [0.05, 0.1) is 6.61 Å². The number of hydrogen-bond acceptors (Lipinski definition) is 2. The normalized spacial score (nSPS) is 15.1. The van der Waals surface area contributed by atoms with Crippen molar-refractivity contribution in [1.29, 1.82) is 0 Å². The van der Waals surface area contributed by atoms with Gasteiger partial charge in [0.1, 0.15) is 5.75 Å². The molecule has 0 aromatic heterocycles. The number of carbonyl (C=O) groups excluding carboxylic acids is 1. The molecule has 1 saturated carbocycles. The van der Waals surface area contributed by atoms with Gasteiger partial charge in [0.2, 0.25) is 5.91 Å². The van der Waals surface area contributed by atoms with Gasteiger partial charge in [0.25, 0.3) is 0 Å². The molecule has 0 bridgehead atoms. The van der Waals surface area contributed by atoms with E-state index in [9.17, 15) is 4.79 Å². The van der Waals surface area contributed by atoms with Crippen LogP contribution in [0.15, 0.2) is 24.3 Å². The predicted molar refractivity (Wildman–Crippen MR) is 86.7 cm³/mol. The first-order valence-corrected chi connectivity index (χ1v) is 8.33. The number of rotatable bonds is 8. The van der Waals surface area contributed by atoms with Crippen molar-refractivity contribution >= 4 is 11.6 Å². The van der Waals surface area contributed by atoms with Crippen molar-refractivity contribution in [3.8, 4) is 5.75 Å². The average molecular weight is 289 g/mol. The summed E-state index contributed by atoms with van der Waals surface area (Å²) in [6.45, 7) is 2.98. The Balaban J connectivity index is 1.72. The van der Waals surface area contributed by atoms with Gasteiger partial charge < -0.3 is 10.1 Å². The Morgan fingerprint density at radius 2 is 1.86 bits per heavy atom. The first kappa shape index (κ1) is 15.9. The van der Waals surface area contributed by atoms with Crippen LogP contribution in [0.3, 0.4) is 0 Å². The molecule has 1 aliphatic rings. The lowest BCUT2D eigenvalue weighted by Gasteiger charge is -2.11. The van der Waals surface area contributed by atoms with Crippen LogP contribution in [-0.2, 0) is 4.79 Å². The molecule has 0 spiro atoms. The van der Waals surface area contributed by atoms with Crippen LogP contribution in [0.4, 0.5) is 5.69 Å². The van der Waals surface area contributed by atoms with Crippen molar-refractivity contribution < 1.29 is 9.53 Å². The number of amides is 1. The summed E-state index contributed by atoms with van der Waals surface area (Å²) in [5, 5.41) is 3.00. The van der Waals surface area contributed by atoms with E-state index in [0.29, 0.717) is 0 Å². The zero-order valence-corrected chi connectivity index (χ0v) is 13.1. The van der Waals surface area contributed by atoms with E-state index in [1.807, 2.05) is 24.3 Å². The van der Waals surface area contributed by atoms with Gasteiger partial charge >= 0.3 is 0 Å². The average Bonchev–Trinajstić information content (AvgIpc) is 3.03. The van der Waals surface area contributed by atoms with E-state index in [2.05, 4.69) is 12.2 Å². The third-order valence-corrected chi connectivity index (χ3v) is 4.11. The second-order valence-electron chi connectivity index (χ2n) is 5.90. The Bertz CT molecular complexity index is 421. The number of hydrogen-bond donors (Lipinski definition) is 1. The fourth-order valence-electron chi connectivity index (χ4n) is 2.79. The van der Waals surface area contributed by atoms with Crippen molar-refractivity contribution in [2.45, 2.75) is 58.3 Å². The van der Waals surface area contributed by atoms with Crippen LogP contribution in [0.25, 0.3) is 0 Å². The van der Waals surface area contributed by atoms with Crippen molar-refractivity contribution in [3.63, 3.8) is 0 Å². The van der Waals surface area contributed by atoms with E-state index in [1.165, 1.54) is 32.1 Å². The molecule has 3 nitrogen and oxygen atoms in total. The third-order valence-electron chi connectivity index (χ3n) is 4.11. The van der Waals surface area contributed by atoms with Crippen LogP contribution in [0, 0.1) is 5.92 Å². The zero-order chi connectivity index (χ0) is 14.9. The molecule has 1 aromatic rings. The number of unbranched alkanes of at least 4 members (excludes halogenated alkanes) is 3. The van der Waals surface area contributed by atoms with Gasteiger partial charge in [-0.3, -0.25) is 4.79 Å². The summed E-state index contributed by atoms with van der Waals surface area (Å²) in [6.07, 6.45) is 9.28. The highest BCUT2D eigenvalue weighted by Gasteiger charge is 2.22. The molecule has 0 radical (unpaired) electrons. The molecule has 0 atom stereocenters. The molecule has 1 amide bonds. The van der Waals surface area contributed by atoms with Crippen LogP contribution < -0.4 is 10.1 Å². The standard InChI is InChI=1S/C18H27NO2/c1-2-3-4-7-14-21-17-12-10-16(11-13-17)19-18(20)15-8-5-6-9-15/h10-13,15H,2-9,14H2,1H3,(H,19,20). The smallest absolute Gasteiger partial charge is 0.227 e. The second kappa shape index (κ2) is 8.71. The summed E-state index contributed by atoms with van der Waals surface area (Å²) < 4.78 is 5.70. The summed E-state index contributed by atoms with van der Waals surface area (Å²) in [7, 11) is 0. The maximum absolute atomic E-state index is 12.0. The lowest BCUT2D eigenvalue weighted by Crippen LogP contribution is -2.20. The van der Waals surface area contributed by atoms with Crippen LogP contribution in [0.1, 0.15) is 58.3 Å². The Morgan fingerprint density at radius 1 is 1.14 bits per heavy atom. The van der Waals surface area contributed by atoms with Crippen molar-refractivity contribution in [3.05, 3.63) is 24.3 Å². The summed E-state index contributed by atoms with van der Waals surface area (Å²) in [4.78, 5) is 12.0. The number of anilines is 1. The molecule has 0 heterocycles. The topological polar surface area (TPSA) is 38.3 Å². The number of nitrogens with one attached hydrogen (secondary N) is 1. The van der Waals surface area contributed by atoms with E-state index in [1.54, 1.807) is 0 Å². The largest absolute Gasteiger partial charge is 0.494 e. The Kier molecular flexibility index (Phi) is 6.58. The van der Waals surface area contributed by atoms with Gasteiger partial charge in [-0.25, -0.2) is 0 Å². The van der Waals surface area contributed by atoms with E-state index in [-0.39, 0.29) is 11.8 Å². The predicted octanol–water partition coefficient (Wildman–Crippen LogP) is 4.77. The minimum Gasteiger partial charge on any atom is -0.494 e. The fraction of sp³-hybridized carbons (Fsp3) is 0.611. The lowest BCUT2D eigenvalue weighted by atomic mass is 10.1. The molecule has 21 heavy (non-hydrogen) atoms. The van der Waals surface area contributed by atoms with E-state index in [0.717, 1.165) is 37.3 Å². The van der Waals surface area contributed by atoms with Crippen molar-refractivity contribution in [2.24, 2.45) is 5.92 Å². The van der Waals surface area contributed by atoms with Gasteiger partial charge in [-0.1, -0.05) is 39.0 Å². The van der Waals surface area contributed by atoms with Gasteiger partial charge in [-0.05, 0) is 43.5 Å². The van der Waals surface area contributed by atoms with Gasteiger partial charge in [0, 0.05) is 11.6 Å². The zero-order valence-electron chi connectivity index (χ0n) is 13.1. The molecule has 1 fully saturated rings. The highest BCUT2D eigenvalue weighted by molar-refractivity contribution is 5.92. The Morgan fingerprint density at radius 3 is 2.52 bits per heavy atom. The number of ether oxygens (including phenoxy) is 1. The molecular formula is C18H27NO2. The highest BCUT2D eigenvalue weighted by Crippen LogP contribution is 2.26. The maximum atomic E-state index is 12.0. The van der Waals surface area contributed by atoms with E-state index >= 15 is 0 Å². The molecule has 1 aromatic carbocycles. The third kappa shape index (κ3) is 5.41. The molecule has 3 heteroatoms. The van der Waals surface area contributed by atoms with E-state index in [4.69, 9.17) is 4.74 Å². The summed E-state index contributed by atoms with van der Waals surface area (Å²) in [5.41, 5.74) is 0.866. The number of carbonyl (C=O) groups is 1. The van der Waals surface area contributed by atoms with Gasteiger partial charge in [0.15, 0.2) is 0 Å². The highest BCUT2D eigenvalue weighted by atomic mass is 16.5. The number of benzene rings is 1. The van der Waals surface area contributed by atoms with Crippen LogP contribution >= 0.6 is 0 Å². The maximum Gasteiger partial charge on any atom is 0.227 e. The summed E-state index contributed by atoms with van der Waals surface area (Å²) in [6, 6.07) is 7.72. The molecule has 0 saturated heterocycles. The minimum atomic E-state index is 0.167. The van der Waals surface area contributed by atoms with E-state index < -0.39 is 0 Å². The molecule has 2 rings (SSSR count). The monoisotopic (exact) mass is 289 g/mol. The van der Waals surface area contributed by atoms with Gasteiger partial charge in [-0.2, -0.15) is 0 Å². The fourth-order valence-corrected chi connectivity index (χ4v) is 2.79. The van der Waals surface area contributed by atoms with Crippen molar-refractivity contribution in [1.82, 2.24) is 0 Å². The molecular weight excluding hydrogens is 262 g/mol. The lowest BCUT2D eigenvalue weighted by molar-refractivity contribution is -0.119.